The molecule has 1 aliphatic heterocycles. The van der Waals surface area contributed by atoms with Crippen molar-refractivity contribution in [1.29, 1.82) is 0 Å². The van der Waals surface area contributed by atoms with Crippen molar-refractivity contribution < 1.29 is 0 Å². The second-order valence-corrected chi connectivity index (χ2v) is 5.07. The maximum atomic E-state index is 2.56. The molecule has 1 heteroatoms. The van der Waals surface area contributed by atoms with Crippen LogP contribution < -0.4 is 0 Å². The first-order valence-corrected chi connectivity index (χ1v) is 5.26. The van der Waals surface area contributed by atoms with Crippen LogP contribution in [0, 0.1) is 11.3 Å². The number of piperidine rings is 1. The molecule has 0 N–H and O–H groups in total. The van der Waals surface area contributed by atoms with Crippen LogP contribution in [0.4, 0.5) is 0 Å². The van der Waals surface area contributed by atoms with E-state index in [1.165, 1.54) is 32.5 Å². The lowest BCUT2D eigenvalue weighted by molar-refractivity contribution is 0.116. The normalized spacial score (nSPS) is 23.0. The summed E-state index contributed by atoms with van der Waals surface area (Å²) in [6.45, 7) is 13.3. The van der Waals surface area contributed by atoms with Crippen LogP contribution in [0.5, 0.6) is 0 Å². The highest BCUT2D eigenvalue weighted by atomic mass is 15.1. The van der Waals surface area contributed by atoms with Crippen LogP contribution in [0.15, 0.2) is 0 Å². The Balaban J connectivity index is 2.36. The third kappa shape index (κ3) is 2.48. The molecule has 1 saturated heterocycles. The summed E-state index contributed by atoms with van der Waals surface area (Å²) in [4.78, 5) is 2.56. The largest absolute Gasteiger partial charge is 0.304 e. The Labute approximate surface area is 77.1 Å². The zero-order valence-electron chi connectivity index (χ0n) is 9.06. The van der Waals surface area contributed by atoms with Crippen LogP contribution in [0.3, 0.4) is 0 Å². The van der Waals surface area contributed by atoms with E-state index in [1.807, 2.05) is 0 Å². The molecule has 72 valence electrons. The number of hydrogen-bond acceptors (Lipinski definition) is 1. The molecule has 0 aromatic heterocycles. The molecule has 0 atom stereocenters. The Kier molecular flexibility index (Phi) is 3.16. The minimum atomic E-state index is 0.528. The van der Waals surface area contributed by atoms with Crippen molar-refractivity contribution in [3.63, 3.8) is 0 Å². The molecule has 1 fully saturated rings. The molecule has 0 aromatic carbocycles. The molecule has 0 unspecified atom stereocenters. The monoisotopic (exact) mass is 169 g/mol. The van der Waals surface area contributed by atoms with Gasteiger partial charge in [0.05, 0.1) is 0 Å². The van der Waals surface area contributed by atoms with Gasteiger partial charge in [0.25, 0.3) is 0 Å². The Morgan fingerprint density at radius 3 is 2.00 bits per heavy atom. The Hall–Kier alpha value is -0.0400. The van der Waals surface area contributed by atoms with Gasteiger partial charge in [-0.1, -0.05) is 27.7 Å². The molecule has 1 rings (SSSR count). The molecular weight excluding hydrogens is 146 g/mol. The van der Waals surface area contributed by atoms with E-state index in [0.29, 0.717) is 5.41 Å². The Morgan fingerprint density at radius 2 is 1.67 bits per heavy atom. The predicted molar refractivity (Wildman–Crippen MR) is 54.3 cm³/mol. The number of nitrogens with zero attached hydrogens (tertiary/aromatic N) is 1. The second kappa shape index (κ2) is 3.78. The molecule has 1 heterocycles. The molecule has 0 spiro atoms. The zero-order chi connectivity index (χ0) is 9.19. The van der Waals surface area contributed by atoms with Gasteiger partial charge in [-0.2, -0.15) is 0 Å². The lowest BCUT2D eigenvalue weighted by Gasteiger charge is -2.38. The van der Waals surface area contributed by atoms with Crippen molar-refractivity contribution in [2.24, 2.45) is 11.3 Å². The minimum absolute atomic E-state index is 0.528. The van der Waals surface area contributed by atoms with Gasteiger partial charge < -0.3 is 4.90 Å². The number of rotatable bonds is 1. The first kappa shape index (κ1) is 10.0. The summed E-state index contributed by atoms with van der Waals surface area (Å²) in [7, 11) is 0. The van der Waals surface area contributed by atoms with E-state index in [4.69, 9.17) is 0 Å². The third-order valence-corrected chi connectivity index (χ3v) is 3.26. The van der Waals surface area contributed by atoms with Crippen molar-refractivity contribution in [3.8, 4) is 0 Å². The molecule has 0 aliphatic carbocycles. The molecule has 12 heavy (non-hydrogen) atoms. The first-order chi connectivity index (χ1) is 5.54. The summed E-state index contributed by atoms with van der Waals surface area (Å²) in [6.07, 6.45) is 2.80. The fourth-order valence-electron chi connectivity index (χ4n) is 2.12. The summed E-state index contributed by atoms with van der Waals surface area (Å²) >= 11 is 0. The molecule has 0 radical (unpaired) electrons. The molecule has 0 bridgehead atoms. The average molecular weight is 169 g/mol. The highest BCUT2D eigenvalue weighted by molar-refractivity contribution is 4.79. The highest BCUT2D eigenvalue weighted by Gasteiger charge is 2.27. The van der Waals surface area contributed by atoms with E-state index in [0.717, 1.165) is 5.92 Å². The molecular formula is C11H23N. The van der Waals surface area contributed by atoms with Crippen molar-refractivity contribution in [1.82, 2.24) is 4.90 Å². The van der Waals surface area contributed by atoms with Crippen molar-refractivity contribution in [2.75, 3.05) is 19.6 Å². The Morgan fingerprint density at radius 1 is 1.17 bits per heavy atom. The lowest BCUT2D eigenvalue weighted by atomic mass is 9.75. The summed E-state index contributed by atoms with van der Waals surface area (Å²) in [6, 6.07) is 0. The van der Waals surface area contributed by atoms with Gasteiger partial charge in [-0.05, 0) is 43.8 Å². The highest BCUT2D eigenvalue weighted by Crippen LogP contribution is 2.33. The first-order valence-electron chi connectivity index (χ1n) is 5.26. The maximum absolute atomic E-state index is 2.56. The van der Waals surface area contributed by atoms with Crippen LogP contribution in [-0.2, 0) is 0 Å². The van der Waals surface area contributed by atoms with Gasteiger partial charge in [0.2, 0.25) is 0 Å². The van der Waals surface area contributed by atoms with Gasteiger partial charge >= 0.3 is 0 Å². The van der Waals surface area contributed by atoms with E-state index < -0.39 is 0 Å². The topological polar surface area (TPSA) is 3.24 Å². The van der Waals surface area contributed by atoms with E-state index in [2.05, 4.69) is 32.6 Å². The smallest absolute Gasteiger partial charge is 0.00160 e. The van der Waals surface area contributed by atoms with Gasteiger partial charge in [-0.3, -0.25) is 0 Å². The maximum Gasteiger partial charge on any atom is -0.00160 e. The van der Waals surface area contributed by atoms with Crippen molar-refractivity contribution in [3.05, 3.63) is 0 Å². The summed E-state index contributed by atoms with van der Waals surface area (Å²) < 4.78 is 0. The van der Waals surface area contributed by atoms with Crippen LogP contribution >= 0.6 is 0 Å². The molecule has 1 nitrogen and oxygen atoms in total. The SMILES string of the molecule is CCN1CCC(C(C)(C)C)CC1. The van der Waals surface area contributed by atoms with Gasteiger partial charge in [0, 0.05) is 0 Å². The lowest BCUT2D eigenvalue weighted by Crippen LogP contribution is -2.37. The molecule has 0 aromatic rings. The van der Waals surface area contributed by atoms with E-state index in [-0.39, 0.29) is 0 Å². The second-order valence-electron chi connectivity index (χ2n) is 5.07. The van der Waals surface area contributed by atoms with E-state index in [9.17, 15) is 0 Å². The van der Waals surface area contributed by atoms with Crippen LogP contribution in [0.2, 0.25) is 0 Å². The summed E-state index contributed by atoms with van der Waals surface area (Å²) in [5.74, 6) is 0.945. The number of hydrogen-bond donors (Lipinski definition) is 0. The molecule has 0 saturated carbocycles. The van der Waals surface area contributed by atoms with Gasteiger partial charge in [-0.15, -0.1) is 0 Å². The standard InChI is InChI=1S/C11H23N/c1-5-12-8-6-10(7-9-12)11(2,3)4/h10H,5-9H2,1-4H3. The fraction of sp³-hybridized carbons (Fsp3) is 1.00. The fourth-order valence-corrected chi connectivity index (χ4v) is 2.12. The average Bonchev–Trinajstić information content (AvgIpc) is 2.03. The van der Waals surface area contributed by atoms with Crippen molar-refractivity contribution >= 4 is 0 Å². The van der Waals surface area contributed by atoms with Gasteiger partial charge in [0.15, 0.2) is 0 Å². The van der Waals surface area contributed by atoms with Crippen molar-refractivity contribution in [2.45, 2.75) is 40.5 Å². The van der Waals surface area contributed by atoms with Gasteiger partial charge in [-0.25, -0.2) is 0 Å². The van der Waals surface area contributed by atoms with Crippen LogP contribution in [0.1, 0.15) is 40.5 Å². The minimum Gasteiger partial charge on any atom is -0.304 e. The van der Waals surface area contributed by atoms with E-state index >= 15 is 0 Å². The molecule has 0 amide bonds. The number of likely N-dealkylation sites (tertiary alicyclic amines) is 1. The quantitative estimate of drug-likeness (QED) is 0.583. The van der Waals surface area contributed by atoms with Crippen LogP contribution in [-0.4, -0.2) is 24.5 Å². The van der Waals surface area contributed by atoms with E-state index in [1.54, 1.807) is 0 Å². The molecule has 1 aliphatic rings. The van der Waals surface area contributed by atoms with Crippen LogP contribution in [0.25, 0.3) is 0 Å². The Bertz CT molecular complexity index is 126. The summed E-state index contributed by atoms with van der Waals surface area (Å²) in [5.41, 5.74) is 0.528. The third-order valence-electron chi connectivity index (χ3n) is 3.26. The van der Waals surface area contributed by atoms with Gasteiger partial charge in [0.1, 0.15) is 0 Å². The summed E-state index contributed by atoms with van der Waals surface area (Å²) in [5, 5.41) is 0. The predicted octanol–water partition coefficient (Wildman–Crippen LogP) is 2.76. The zero-order valence-corrected chi connectivity index (χ0v) is 9.06.